The van der Waals surface area contributed by atoms with Crippen LogP contribution in [0.2, 0.25) is 0 Å². The highest BCUT2D eigenvalue weighted by Crippen LogP contribution is 2.30. The number of alkyl halides is 3. The van der Waals surface area contributed by atoms with Crippen LogP contribution in [0.15, 0.2) is 47.3 Å². The number of amides is 2. The number of halogens is 3. The molecule has 0 aliphatic carbocycles. The maximum atomic E-state index is 12.5. The van der Waals surface area contributed by atoms with Crippen molar-refractivity contribution in [1.82, 2.24) is 5.32 Å². The standard InChI is InChI=1S/C14H13F3N2O2/c15-14(16,17)11-2-1-3-12(8-11)19-13(20)18-6-4-10-5-7-21-9-10/h1-3,5,7-9H,4,6H2,(H2,18,19,20). The Morgan fingerprint density at radius 3 is 2.71 bits per heavy atom. The molecule has 1 heterocycles. The fourth-order valence-electron chi connectivity index (χ4n) is 1.70. The number of hydrogen-bond acceptors (Lipinski definition) is 2. The number of benzene rings is 1. The lowest BCUT2D eigenvalue weighted by Gasteiger charge is -2.10. The van der Waals surface area contributed by atoms with Gasteiger partial charge in [-0.2, -0.15) is 13.2 Å². The summed E-state index contributed by atoms with van der Waals surface area (Å²) in [5.74, 6) is 0. The molecule has 0 atom stereocenters. The Morgan fingerprint density at radius 2 is 2.05 bits per heavy atom. The van der Waals surface area contributed by atoms with Gasteiger partial charge in [-0.3, -0.25) is 0 Å². The molecule has 7 heteroatoms. The second-order valence-electron chi connectivity index (χ2n) is 4.34. The molecule has 2 aromatic rings. The zero-order chi connectivity index (χ0) is 15.3. The third kappa shape index (κ3) is 4.55. The van der Waals surface area contributed by atoms with Gasteiger partial charge in [0.1, 0.15) is 0 Å². The van der Waals surface area contributed by atoms with E-state index in [0.717, 1.165) is 17.7 Å². The fourth-order valence-corrected chi connectivity index (χ4v) is 1.70. The normalized spacial score (nSPS) is 11.2. The average molecular weight is 298 g/mol. The van der Waals surface area contributed by atoms with E-state index in [2.05, 4.69) is 10.6 Å². The van der Waals surface area contributed by atoms with Crippen molar-refractivity contribution in [3.05, 3.63) is 54.0 Å². The van der Waals surface area contributed by atoms with Gasteiger partial charge in [0.15, 0.2) is 0 Å². The topological polar surface area (TPSA) is 54.3 Å². The maximum absolute atomic E-state index is 12.5. The van der Waals surface area contributed by atoms with Gasteiger partial charge in [-0.15, -0.1) is 0 Å². The summed E-state index contributed by atoms with van der Waals surface area (Å²) in [7, 11) is 0. The van der Waals surface area contributed by atoms with Gasteiger partial charge >= 0.3 is 12.2 Å². The SMILES string of the molecule is O=C(NCCc1ccoc1)Nc1cccc(C(F)(F)F)c1. The number of rotatable bonds is 4. The van der Waals surface area contributed by atoms with E-state index in [1.165, 1.54) is 18.4 Å². The van der Waals surface area contributed by atoms with Gasteiger partial charge < -0.3 is 15.1 Å². The van der Waals surface area contributed by atoms with E-state index in [0.29, 0.717) is 13.0 Å². The summed E-state index contributed by atoms with van der Waals surface area (Å²) in [4.78, 5) is 11.6. The van der Waals surface area contributed by atoms with E-state index in [-0.39, 0.29) is 5.69 Å². The largest absolute Gasteiger partial charge is 0.472 e. The molecule has 0 aliphatic heterocycles. The van der Waals surface area contributed by atoms with Gasteiger partial charge in [-0.25, -0.2) is 4.79 Å². The Bertz CT molecular complexity index is 595. The van der Waals surface area contributed by atoms with E-state index in [1.807, 2.05) is 0 Å². The van der Waals surface area contributed by atoms with Gasteiger partial charge in [0.2, 0.25) is 0 Å². The molecule has 0 saturated carbocycles. The quantitative estimate of drug-likeness (QED) is 0.905. The molecular formula is C14H13F3N2O2. The molecule has 1 aromatic carbocycles. The van der Waals surface area contributed by atoms with Crippen LogP contribution in [-0.2, 0) is 12.6 Å². The highest BCUT2D eigenvalue weighted by atomic mass is 19.4. The summed E-state index contributed by atoms with van der Waals surface area (Å²) < 4.78 is 42.5. The molecule has 4 nitrogen and oxygen atoms in total. The highest BCUT2D eigenvalue weighted by molar-refractivity contribution is 5.89. The predicted octanol–water partition coefficient (Wildman–Crippen LogP) is 3.66. The monoisotopic (exact) mass is 298 g/mol. The Hall–Kier alpha value is -2.44. The third-order valence-corrected chi connectivity index (χ3v) is 2.73. The summed E-state index contributed by atoms with van der Waals surface area (Å²) in [6.45, 7) is 0.352. The summed E-state index contributed by atoms with van der Waals surface area (Å²) >= 11 is 0. The first-order valence-corrected chi connectivity index (χ1v) is 6.18. The zero-order valence-corrected chi connectivity index (χ0v) is 10.9. The molecule has 0 saturated heterocycles. The van der Waals surface area contributed by atoms with Crippen LogP contribution in [0.25, 0.3) is 0 Å². The lowest BCUT2D eigenvalue weighted by molar-refractivity contribution is -0.137. The number of nitrogens with one attached hydrogen (secondary N) is 2. The molecule has 1 aromatic heterocycles. The van der Waals surface area contributed by atoms with Crippen molar-refractivity contribution in [2.45, 2.75) is 12.6 Å². The maximum Gasteiger partial charge on any atom is 0.416 e. The van der Waals surface area contributed by atoms with Gasteiger partial charge in [-0.1, -0.05) is 6.07 Å². The molecule has 0 unspecified atom stereocenters. The van der Waals surface area contributed by atoms with E-state index in [4.69, 9.17) is 4.42 Å². The van der Waals surface area contributed by atoms with Crippen LogP contribution in [0.1, 0.15) is 11.1 Å². The van der Waals surface area contributed by atoms with Gasteiger partial charge in [0, 0.05) is 12.2 Å². The third-order valence-electron chi connectivity index (χ3n) is 2.73. The highest BCUT2D eigenvalue weighted by Gasteiger charge is 2.30. The first-order chi connectivity index (χ1) is 9.95. The number of carbonyl (C=O) groups excluding carboxylic acids is 1. The van der Waals surface area contributed by atoms with E-state index in [9.17, 15) is 18.0 Å². The van der Waals surface area contributed by atoms with Crippen molar-refractivity contribution in [2.24, 2.45) is 0 Å². The molecule has 21 heavy (non-hydrogen) atoms. The van der Waals surface area contributed by atoms with Crippen molar-refractivity contribution < 1.29 is 22.4 Å². The molecular weight excluding hydrogens is 285 g/mol. The first-order valence-electron chi connectivity index (χ1n) is 6.18. The van der Waals surface area contributed by atoms with Crippen molar-refractivity contribution in [2.75, 3.05) is 11.9 Å². The van der Waals surface area contributed by atoms with Crippen molar-refractivity contribution >= 4 is 11.7 Å². The van der Waals surface area contributed by atoms with Crippen molar-refractivity contribution in [3.8, 4) is 0 Å². The molecule has 0 radical (unpaired) electrons. The first kappa shape index (κ1) is 15.0. The lowest BCUT2D eigenvalue weighted by atomic mass is 10.2. The number of carbonyl (C=O) groups is 1. The fraction of sp³-hybridized carbons (Fsp3) is 0.214. The average Bonchev–Trinajstić information content (AvgIpc) is 2.91. The van der Waals surface area contributed by atoms with Crippen LogP contribution in [0.3, 0.4) is 0 Å². The van der Waals surface area contributed by atoms with Gasteiger partial charge in [0.25, 0.3) is 0 Å². The molecule has 2 amide bonds. The van der Waals surface area contributed by atoms with E-state index >= 15 is 0 Å². The van der Waals surface area contributed by atoms with E-state index < -0.39 is 17.8 Å². The Balaban J connectivity index is 1.85. The lowest BCUT2D eigenvalue weighted by Crippen LogP contribution is -2.30. The minimum absolute atomic E-state index is 0.0886. The smallest absolute Gasteiger partial charge is 0.416 e. The Labute approximate surface area is 119 Å². The number of furan rings is 1. The summed E-state index contributed by atoms with van der Waals surface area (Å²) in [6.07, 6.45) is -0.771. The zero-order valence-electron chi connectivity index (χ0n) is 10.9. The molecule has 0 fully saturated rings. The van der Waals surface area contributed by atoms with Crippen LogP contribution >= 0.6 is 0 Å². The van der Waals surface area contributed by atoms with Gasteiger partial charge in [0.05, 0.1) is 18.1 Å². The van der Waals surface area contributed by atoms with Crippen LogP contribution in [0.5, 0.6) is 0 Å². The second kappa shape index (κ2) is 6.34. The second-order valence-corrected chi connectivity index (χ2v) is 4.34. The molecule has 2 rings (SSSR count). The summed E-state index contributed by atoms with van der Waals surface area (Å²) in [5, 5.41) is 4.92. The van der Waals surface area contributed by atoms with Crippen molar-refractivity contribution in [3.63, 3.8) is 0 Å². The molecule has 112 valence electrons. The van der Waals surface area contributed by atoms with Crippen LogP contribution in [0.4, 0.5) is 23.7 Å². The summed E-state index contributed by atoms with van der Waals surface area (Å²) in [5.41, 5.74) is 0.207. The minimum atomic E-state index is -4.44. The predicted molar refractivity (Wildman–Crippen MR) is 70.9 cm³/mol. The number of hydrogen-bond donors (Lipinski definition) is 2. The molecule has 2 N–H and O–H groups in total. The number of anilines is 1. The molecule has 0 spiro atoms. The summed E-state index contributed by atoms with van der Waals surface area (Å²) in [6, 6.07) is 5.68. The Kier molecular flexibility index (Phi) is 4.52. The Morgan fingerprint density at radius 1 is 1.24 bits per heavy atom. The van der Waals surface area contributed by atoms with Crippen LogP contribution < -0.4 is 10.6 Å². The van der Waals surface area contributed by atoms with Crippen LogP contribution in [0, 0.1) is 0 Å². The van der Waals surface area contributed by atoms with Crippen LogP contribution in [-0.4, -0.2) is 12.6 Å². The molecule has 0 aliphatic rings. The van der Waals surface area contributed by atoms with Gasteiger partial charge in [-0.05, 0) is 36.2 Å². The minimum Gasteiger partial charge on any atom is -0.472 e. The van der Waals surface area contributed by atoms with Crippen molar-refractivity contribution in [1.29, 1.82) is 0 Å². The number of urea groups is 1. The van der Waals surface area contributed by atoms with E-state index in [1.54, 1.807) is 12.3 Å². The molecule has 0 bridgehead atoms.